The molecule has 0 bridgehead atoms. The lowest BCUT2D eigenvalue weighted by Gasteiger charge is -2.10. The predicted octanol–water partition coefficient (Wildman–Crippen LogP) is 5.42. The molecule has 0 aliphatic carbocycles. The molecule has 0 amide bonds. The first kappa shape index (κ1) is 28.8. The summed E-state index contributed by atoms with van der Waals surface area (Å²) in [5.74, 6) is 3.17. The average Bonchev–Trinajstić information content (AvgIpc) is 2.90. The van der Waals surface area contributed by atoms with E-state index in [1.165, 1.54) is 56.1 Å². The van der Waals surface area contributed by atoms with Gasteiger partial charge in [0.1, 0.15) is 0 Å². The van der Waals surface area contributed by atoms with Crippen molar-refractivity contribution in [2.45, 2.75) is 57.8 Å². The molecule has 0 unspecified atom stereocenters. The molecule has 196 valence electrons. The number of hydrogen-bond donors (Lipinski definition) is 2. The van der Waals surface area contributed by atoms with Crippen LogP contribution in [0.4, 0.5) is 0 Å². The maximum absolute atomic E-state index is 5.38. The summed E-state index contributed by atoms with van der Waals surface area (Å²) in [7, 11) is 6.70. The maximum Gasteiger partial charge on any atom is 0.160 e. The molecule has 0 saturated carbocycles. The Bertz CT molecular complexity index is 761. The van der Waals surface area contributed by atoms with Crippen molar-refractivity contribution >= 4 is 0 Å². The van der Waals surface area contributed by atoms with Crippen LogP contribution in [0.1, 0.15) is 56.1 Å². The van der Waals surface area contributed by atoms with E-state index in [0.717, 1.165) is 62.0 Å². The lowest BCUT2D eigenvalue weighted by Crippen LogP contribution is -2.18. The van der Waals surface area contributed by atoms with Crippen molar-refractivity contribution in [2.24, 2.45) is 0 Å². The summed E-state index contributed by atoms with van der Waals surface area (Å²) in [5.41, 5.74) is 2.54. The average molecular weight is 487 g/mol. The quantitative estimate of drug-likeness (QED) is 0.244. The third-order valence-electron chi connectivity index (χ3n) is 6.28. The zero-order chi connectivity index (χ0) is 25.1. The fraction of sp³-hybridized carbons (Fsp3) is 0.586. The molecule has 6 nitrogen and oxygen atoms in total. The molecule has 0 aromatic heterocycles. The zero-order valence-corrected chi connectivity index (χ0v) is 22.3. The van der Waals surface area contributed by atoms with Crippen molar-refractivity contribution in [2.75, 3.05) is 54.6 Å². The lowest BCUT2D eigenvalue weighted by molar-refractivity contribution is 0.354. The monoisotopic (exact) mass is 486 g/mol. The van der Waals surface area contributed by atoms with Gasteiger partial charge in [-0.15, -0.1) is 0 Å². The molecule has 2 aromatic rings. The Hall–Kier alpha value is -2.44. The predicted molar refractivity (Wildman–Crippen MR) is 145 cm³/mol. The summed E-state index contributed by atoms with van der Waals surface area (Å²) in [6.45, 7) is 4.18. The molecule has 0 fully saturated rings. The largest absolute Gasteiger partial charge is 0.493 e. The lowest BCUT2D eigenvalue weighted by atomic mass is 10.1. The Morgan fingerprint density at radius 3 is 1.20 bits per heavy atom. The van der Waals surface area contributed by atoms with Crippen molar-refractivity contribution in [1.82, 2.24) is 10.6 Å². The number of hydrogen-bond acceptors (Lipinski definition) is 6. The first-order chi connectivity index (χ1) is 17.2. The second kappa shape index (κ2) is 17.9. The summed E-state index contributed by atoms with van der Waals surface area (Å²) in [4.78, 5) is 0. The molecule has 0 aliphatic rings. The molecule has 0 radical (unpaired) electrons. The highest BCUT2D eigenvalue weighted by atomic mass is 16.5. The number of nitrogens with one attached hydrogen (secondary N) is 2. The molecule has 2 aromatic carbocycles. The first-order valence-electron chi connectivity index (χ1n) is 13.0. The minimum absolute atomic E-state index is 0.784. The van der Waals surface area contributed by atoms with Crippen LogP contribution in [0.5, 0.6) is 23.0 Å². The molecule has 0 spiro atoms. The number of unbranched alkanes of at least 4 members (excludes halogenated alkanes) is 6. The van der Waals surface area contributed by atoms with Gasteiger partial charge in [-0.25, -0.2) is 0 Å². The van der Waals surface area contributed by atoms with Gasteiger partial charge in [-0.05, 0) is 87.3 Å². The Kier molecular flexibility index (Phi) is 14.7. The third-order valence-corrected chi connectivity index (χ3v) is 6.28. The van der Waals surface area contributed by atoms with Gasteiger partial charge in [0, 0.05) is 0 Å². The molecular formula is C29H46N2O4. The first-order valence-corrected chi connectivity index (χ1v) is 13.0. The van der Waals surface area contributed by atoms with Crippen molar-refractivity contribution in [3.63, 3.8) is 0 Å². The topological polar surface area (TPSA) is 61.0 Å². The van der Waals surface area contributed by atoms with Crippen molar-refractivity contribution < 1.29 is 18.9 Å². The van der Waals surface area contributed by atoms with Crippen LogP contribution < -0.4 is 29.6 Å². The van der Waals surface area contributed by atoms with E-state index in [1.807, 2.05) is 12.1 Å². The van der Waals surface area contributed by atoms with Crippen LogP contribution in [-0.4, -0.2) is 54.6 Å². The minimum atomic E-state index is 0.784. The molecule has 2 rings (SSSR count). The van der Waals surface area contributed by atoms with Gasteiger partial charge in [0.05, 0.1) is 28.4 Å². The fourth-order valence-electron chi connectivity index (χ4n) is 4.17. The van der Waals surface area contributed by atoms with Gasteiger partial charge in [-0.1, -0.05) is 44.2 Å². The summed E-state index contributed by atoms with van der Waals surface area (Å²) in [6.07, 6.45) is 11.2. The molecule has 0 atom stereocenters. The van der Waals surface area contributed by atoms with Crippen LogP contribution in [0.25, 0.3) is 0 Å². The highest BCUT2D eigenvalue weighted by molar-refractivity contribution is 5.43. The molecule has 2 N–H and O–H groups in total. The number of rotatable bonds is 20. The van der Waals surface area contributed by atoms with Gasteiger partial charge in [0.2, 0.25) is 0 Å². The van der Waals surface area contributed by atoms with Crippen LogP contribution >= 0.6 is 0 Å². The van der Waals surface area contributed by atoms with Crippen LogP contribution in [0.15, 0.2) is 36.4 Å². The number of ether oxygens (including phenoxy) is 4. The third kappa shape index (κ3) is 11.2. The van der Waals surface area contributed by atoms with E-state index in [4.69, 9.17) is 18.9 Å². The van der Waals surface area contributed by atoms with Crippen LogP contribution in [-0.2, 0) is 12.8 Å². The summed E-state index contributed by atoms with van der Waals surface area (Å²) in [5, 5.41) is 7.12. The summed E-state index contributed by atoms with van der Waals surface area (Å²) >= 11 is 0. The SMILES string of the molecule is COc1ccc(CCNCCCCCCCCCNCCc2ccc(OC)c(OC)c2)cc1OC. The second-order valence-corrected chi connectivity index (χ2v) is 8.85. The van der Waals surface area contributed by atoms with Crippen LogP contribution in [0.2, 0.25) is 0 Å². The molecule has 6 heteroatoms. The second-order valence-electron chi connectivity index (χ2n) is 8.85. The normalized spacial score (nSPS) is 10.9. The van der Waals surface area contributed by atoms with Gasteiger partial charge >= 0.3 is 0 Å². The Morgan fingerprint density at radius 2 is 0.829 bits per heavy atom. The highest BCUT2D eigenvalue weighted by Crippen LogP contribution is 2.28. The number of benzene rings is 2. The molecule has 0 heterocycles. The molecule has 35 heavy (non-hydrogen) atoms. The van der Waals surface area contributed by atoms with Crippen molar-refractivity contribution in [3.8, 4) is 23.0 Å². The van der Waals surface area contributed by atoms with E-state index in [1.54, 1.807) is 28.4 Å². The van der Waals surface area contributed by atoms with Gasteiger partial charge < -0.3 is 29.6 Å². The standard InChI is InChI=1S/C29H46N2O4/c1-32-26-14-12-24(22-28(26)34-3)16-20-30-18-10-8-6-5-7-9-11-19-31-21-17-25-13-15-27(33-2)29(23-25)35-4/h12-15,22-23,30-31H,5-11,16-21H2,1-4H3. The van der Waals surface area contributed by atoms with E-state index < -0.39 is 0 Å². The van der Waals surface area contributed by atoms with Gasteiger partial charge in [0.25, 0.3) is 0 Å². The van der Waals surface area contributed by atoms with Gasteiger partial charge in [0.15, 0.2) is 23.0 Å². The Balaban J connectivity index is 1.38. The molecular weight excluding hydrogens is 440 g/mol. The van der Waals surface area contributed by atoms with E-state index in [9.17, 15) is 0 Å². The van der Waals surface area contributed by atoms with Crippen LogP contribution in [0, 0.1) is 0 Å². The van der Waals surface area contributed by atoms with E-state index in [2.05, 4.69) is 34.9 Å². The Labute approximate surface area is 212 Å². The smallest absolute Gasteiger partial charge is 0.160 e. The van der Waals surface area contributed by atoms with Crippen molar-refractivity contribution in [3.05, 3.63) is 47.5 Å². The minimum Gasteiger partial charge on any atom is -0.493 e. The number of methoxy groups -OCH3 is 4. The van der Waals surface area contributed by atoms with Gasteiger partial charge in [-0.2, -0.15) is 0 Å². The van der Waals surface area contributed by atoms with E-state index >= 15 is 0 Å². The van der Waals surface area contributed by atoms with E-state index in [-0.39, 0.29) is 0 Å². The molecule has 0 saturated heterocycles. The van der Waals surface area contributed by atoms with Crippen molar-refractivity contribution in [1.29, 1.82) is 0 Å². The van der Waals surface area contributed by atoms with E-state index in [0.29, 0.717) is 0 Å². The zero-order valence-electron chi connectivity index (χ0n) is 22.3. The maximum atomic E-state index is 5.38. The molecule has 0 aliphatic heterocycles. The highest BCUT2D eigenvalue weighted by Gasteiger charge is 2.05. The van der Waals surface area contributed by atoms with Gasteiger partial charge in [-0.3, -0.25) is 0 Å². The van der Waals surface area contributed by atoms with Crippen LogP contribution in [0.3, 0.4) is 0 Å². The Morgan fingerprint density at radius 1 is 0.457 bits per heavy atom. The fourth-order valence-corrected chi connectivity index (χ4v) is 4.17. The summed E-state index contributed by atoms with van der Waals surface area (Å²) < 4.78 is 21.3. The summed E-state index contributed by atoms with van der Waals surface area (Å²) in [6, 6.07) is 12.3.